The maximum absolute atomic E-state index is 12.8. The van der Waals surface area contributed by atoms with Gasteiger partial charge in [-0.25, -0.2) is 4.39 Å². The number of rotatable bonds is 7. The molecule has 4 nitrogen and oxygen atoms in total. The molecular weight excluding hydrogens is 352 g/mol. The van der Waals surface area contributed by atoms with Crippen molar-refractivity contribution in [3.8, 4) is 5.75 Å². The lowest BCUT2D eigenvalue weighted by molar-refractivity contribution is -0.274. The molecule has 1 amide bonds. The summed E-state index contributed by atoms with van der Waals surface area (Å²) in [5, 5.41) is 2.66. The molecule has 0 atom stereocenters. The highest BCUT2D eigenvalue weighted by Crippen LogP contribution is 2.23. The van der Waals surface area contributed by atoms with E-state index in [4.69, 9.17) is 0 Å². The Morgan fingerprint density at radius 3 is 2.27 bits per heavy atom. The van der Waals surface area contributed by atoms with E-state index in [0.717, 1.165) is 5.56 Å². The molecule has 0 saturated carbocycles. The highest BCUT2D eigenvalue weighted by molar-refractivity contribution is 5.90. The number of alkyl halides is 3. The van der Waals surface area contributed by atoms with Gasteiger partial charge in [-0.05, 0) is 49.0 Å². The monoisotopic (exact) mass is 370 g/mol. The summed E-state index contributed by atoms with van der Waals surface area (Å²) in [6.07, 6.45) is -4.49. The second kappa shape index (κ2) is 8.66. The summed E-state index contributed by atoms with van der Waals surface area (Å²) >= 11 is 0. The highest BCUT2D eigenvalue weighted by atomic mass is 19.4. The summed E-state index contributed by atoms with van der Waals surface area (Å²) in [4.78, 5) is 13.7. The fraction of sp³-hybridized carbons (Fsp3) is 0.278. The molecule has 0 radical (unpaired) electrons. The van der Waals surface area contributed by atoms with Crippen LogP contribution in [0.25, 0.3) is 0 Å². The van der Waals surface area contributed by atoms with E-state index in [9.17, 15) is 22.4 Å². The number of carbonyl (C=O) groups excluding carboxylic acids is 1. The zero-order chi connectivity index (χ0) is 19.2. The standard InChI is InChI=1S/C18H18F4N2O2/c1-24(11-10-17(25)23-15-6-4-14(19)5-7-15)12-13-2-8-16(9-3-13)26-18(20,21)22/h2-9H,10-12H2,1H3,(H,23,25). The Kier molecular flexibility index (Phi) is 6.57. The van der Waals surface area contributed by atoms with Gasteiger partial charge in [-0.3, -0.25) is 4.79 Å². The predicted octanol–water partition coefficient (Wildman–Crippen LogP) is 4.18. The Balaban J connectivity index is 1.76. The number of halogens is 4. The van der Waals surface area contributed by atoms with Crippen LogP contribution in [0.4, 0.5) is 23.2 Å². The molecule has 0 fully saturated rings. The van der Waals surface area contributed by atoms with Gasteiger partial charge >= 0.3 is 6.36 Å². The second-order valence-electron chi connectivity index (χ2n) is 5.73. The number of hydrogen-bond donors (Lipinski definition) is 1. The van der Waals surface area contributed by atoms with E-state index in [-0.39, 0.29) is 23.9 Å². The second-order valence-corrected chi connectivity index (χ2v) is 5.73. The maximum Gasteiger partial charge on any atom is 0.573 e. The predicted molar refractivity (Wildman–Crippen MR) is 89.1 cm³/mol. The normalized spacial score (nSPS) is 11.5. The summed E-state index contributed by atoms with van der Waals surface area (Å²) in [7, 11) is 1.80. The maximum atomic E-state index is 12.8. The highest BCUT2D eigenvalue weighted by Gasteiger charge is 2.30. The van der Waals surface area contributed by atoms with Gasteiger partial charge in [0.1, 0.15) is 11.6 Å². The molecule has 2 aromatic carbocycles. The van der Waals surface area contributed by atoms with Crippen LogP contribution in [0.5, 0.6) is 5.75 Å². The quantitative estimate of drug-likeness (QED) is 0.744. The molecule has 0 aliphatic rings. The van der Waals surface area contributed by atoms with Gasteiger partial charge in [0, 0.05) is 25.2 Å². The number of nitrogens with one attached hydrogen (secondary N) is 1. The van der Waals surface area contributed by atoms with Crippen LogP contribution in [0.2, 0.25) is 0 Å². The molecule has 0 aliphatic heterocycles. The summed E-state index contributed by atoms with van der Waals surface area (Å²) < 4.78 is 53.0. The lowest BCUT2D eigenvalue weighted by atomic mass is 10.2. The van der Waals surface area contributed by atoms with Crippen LogP contribution in [-0.4, -0.2) is 30.8 Å². The van der Waals surface area contributed by atoms with Crippen molar-refractivity contribution in [3.05, 3.63) is 59.9 Å². The number of hydrogen-bond acceptors (Lipinski definition) is 3. The van der Waals surface area contributed by atoms with Crippen LogP contribution < -0.4 is 10.1 Å². The molecule has 0 aromatic heterocycles. The van der Waals surface area contributed by atoms with Crippen LogP contribution in [-0.2, 0) is 11.3 Å². The van der Waals surface area contributed by atoms with Gasteiger partial charge in [0.2, 0.25) is 5.91 Å². The van der Waals surface area contributed by atoms with Crippen molar-refractivity contribution >= 4 is 11.6 Å². The molecule has 140 valence electrons. The Labute approximate surface area is 148 Å². The van der Waals surface area contributed by atoms with Gasteiger partial charge in [0.15, 0.2) is 0 Å². The Morgan fingerprint density at radius 1 is 1.08 bits per heavy atom. The van der Waals surface area contributed by atoms with Gasteiger partial charge in [-0.2, -0.15) is 0 Å². The first kappa shape index (κ1) is 19.7. The van der Waals surface area contributed by atoms with Gasteiger partial charge in [0.25, 0.3) is 0 Å². The van der Waals surface area contributed by atoms with Crippen LogP contribution in [0, 0.1) is 5.82 Å². The molecule has 2 aromatic rings. The number of benzene rings is 2. The molecular formula is C18H18F4N2O2. The third kappa shape index (κ3) is 7.10. The number of ether oxygens (including phenoxy) is 1. The number of amides is 1. The Hall–Kier alpha value is -2.61. The third-order valence-electron chi connectivity index (χ3n) is 3.46. The molecule has 0 spiro atoms. The zero-order valence-electron chi connectivity index (χ0n) is 14.0. The van der Waals surface area contributed by atoms with E-state index in [0.29, 0.717) is 18.8 Å². The van der Waals surface area contributed by atoms with E-state index in [1.54, 1.807) is 7.05 Å². The molecule has 8 heteroatoms. The fourth-order valence-corrected chi connectivity index (χ4v) is 2.24. The van der Waals surface area contributed by atoms with Crippen molar-refractivity contribution in [2.45, 2.75) is 19.3 Å². The van der Waals surface area contributed by atoms with Crippen molar-refractivity contribution in [2.75, 3.05) is 18.9 Å². The first-order valence-corrected chi connectivity index (χ1v) is 7.80. The minimum atomic E-state index is -4.71. The molecule has 0 unspecified atom stereocenters. The number of nitrogens with zero attached hydrogens (tertiary/aromatic N) is 1. The average molecular weight is 370 g/mol. The lowest BCUT2D eigenvalue weighted by Crippen LogP contribution is -2.24. The largest absolute Gasteiger partial charge is 0.573 e. The van der Waals surface area contributed by atoms with E-state index < -0.39 is 6.36 Å². The van der Waals surface area contributed by atoms with Crippen LogP contribution in [0.3, 0.4) is 0 Å². The van der Waals surface area contributed by atoms with Crippen LogP contribution in [0.15, 0.2) is 48.5 Å². The van der Waals surface area contributed by atoms with Crippen LogP contribution in [0.1, 0.15) is 12.0 Å². The minimum Gasteiger partial charge on any atom is -0.406 e. The topological polar surface area (TPSA) is 41.6 Å². The molecule has 26 heavy (non-hydrogen) atoms. The van der Waals surface area contributed by atoms with Gasteiger partial charge in [-0.15, -0.1) is 13.2 Å². The molecule has 0 aliphatic carbocycles. The fourth-order valence-electron chi connectivity index (χ4n) is 2.24. The Morgan fingerprint density at radius 2 is 1.69 bits per heavy atom. The average Bonchev–Trinajstić information content (AvgIpc) is 2.56. The number of carbonyl (C=O) groups is 1. The first-order valence-electron chi connectivity index (χ1n) is 7.80. The van der Waals surface area contributed by atoms with Gasteiger partial charge in [0.05, 0.1) is 0 Å². The summed E-state index contributed by atoms with van der Waals surface area (Å²) in [6, 6.07) is 11.0. The summed E-state index contributed by atoms with van der Waals surface area (Å²) in [6.45, 7) is 0.921. The van der Waals surface area contributed by atoms with E-state index in [1.807, 2.05) is 4.90 Å². The summed E-state index contributed by atoms with van der Waals surface area (Å²) in [5.41, 5.74) is 1.31. The van der Waals surface area contributed by atoms with E-state index in [1.165, 1.54) is 48.5 Å². The number of anilines is 1. The third-order valence-corrected chi connectivity index (χ3v) is 3.46. The summed E-state index contributed by atoms with van der Waals surface area (Å²) in [5.74, 6) is -0.866. The van der Waals surface area contributed by atoms with E-state index in [2.05, 4.69) is 10.1 Å². The molecule has 2 rings (SSSR count). The van der Waals surface area contributed by atoms with Crippen molar-refractivity contribution in [1.82, 2.24) is 4.90 Å². The van der Waals surface area contributed by atoms with Gasteiger partial charge < -0.3 is 15.0 Å². The van der Waals surface area contributed by atoms with Gasteiger partial charge in [-0.1, -0.05) is 12.1 Å². The van der Waals surface area contributed by atoms with Crippen molar-refractivity contribution in [3.63, 3.8) is 0 Å². The molecule has 0 bridgehead atoms. The first-order chi connectivity index (χ1) is 12.2. The zero-order valence-corrected chi connectivity index (χ0v) is 14.0. The SMILES string of the molecule is CN(CCC(=O)Nc1ccc(F)cc1)Cc1ccc(OC(F)(F)F)cc1. The molecule has 0 heterocycles. The van der Waals surface area contributed by atoms with E-state index >= 15 is 0 Å². The lowest BCUT2D eigenvalue weighted by Gasteiger charge is -2.17. The van der Waals surface area contributed by atoms with Crippen molar-refractivity contribution < 1.29 is 27.1 Å². The smallest absolute Gasteiger partial charge is 0.406 e. The Bertz CT molecular complexity index is 715. The van der Waals surface area contributed by atoms with Crippen molar-refractivity contribution in [2.24, 2.45) is 0 Å². The minimum absolute atomic E-state index is 0.211. The van der Waals surface area contributed by atoms with Crippen molar-refractivity contribution in [1.29, 1.82) is 0 Å². The molecule has 0 saturated heterocycles. The molecule has 1 N–H and O–H groups in total. The van der Waals surface area contributed by atoms with Crippen LogP contribution >= 0.6 is 0 Å².